The number of thioether (sulfide) groups is 1. The Balaban J connectivity index is 1.49. The van der Waals surface area contributed by atoms with Crippen molar-refractivity contribution in [1.29, 1.82) is 0 Å². The minimum atomic E-state index is -0.486. The standard InChI is InChI=1S/C25H17Cl2FN2O5S/c1-34-20-11-14(12-21-24(32)30(25(33)36-21)18-8-2-15(26)3-9-18)10-19(27)23(20)35-13-22(31)29-17-6-4-16(28)5-7-17/h2-12H,13H2,1H3,(H,29,31)/b21-12+. The Kier molecular flexibility index (Phi) is 7.83. The average Bonchev–Trinajstić information content (AvgIpc) is 3.12. The number of amides is 3. The number of rotatable bonds is 7. The molecule has 3 amide bonds. The topological polar surface area (TPSA) is 84.9 Å². The highest BCUT2D eigenvalue weighted by molar-refractivity contribution is 8.19. The van der Waals surface area contributed by atoms with Crippen LogP contribution in [0, 0.1) is 5.82 Å². The first-order valence-electron chi connectivity index (χ1n) is 10.3. The van der Waals surface area contributed by atoms with E-state index < -0.39 is 22.9 Å². The van der Waals surface area contributed by atoms with Crippen LogP contribution in [0.25, 0.3) is 6.08 Å². The third-order valence-corrected chi connectivity index (χ3v) is 6.31. The van der Waals surface area contributed by atoms with E-state index in [1.165, 1.54) is 43.5 Å². The van der Waals surface area contributed by atoms with Crippen molar-refractivity contribution in [2.45, 2.75) is 0 Å². The SMILES string of the molecule is COc1cc(/C=C2/SC(=O)N(c3ccc(Cl)cc3)C2=O)cc(Cl)c1OCC(=O)Nc1ccc(F)cc1. The van der Waals surface area contributed by atoms with Gasteiger partial charge in [0.2, 0.25) is 0 Å². The second kappa shape index (κ2) is 11.0. The first-order valence-corrected chi connectivity index (χ1v) is 11.9. The summed E-state index contributed by atoms with van der Waals surface area (Å²) in [6.07, 6.45) is 1.51. The lowest BCUT2D eigenvalue weighted by Crippen LogP contribution is -2.27. The summed E-state index contributed by atoms with van der Waals surface area (Å²) >= 11 is 13.1. The van der Waals surface area contributed by atoms with Gasteiger partial charge in [-0.15, -0.1) is 0 Å². The molecule has 4 rings (SSSR count). The van der Waals surface area contributed by atoms with Crippen molar-refractivity contribution in [1.82, 2.24) is 0 Å². The molecule has 0 unspecified atom stereocenters. The molecule has 36 heavy (non-hydrogen) atoms. The second-order valence-electron chi connectivity index (χ2n) is 7.37. The summed E-state index contributed by atoms with van der Waals surface area (Å²) in [6.45, 7) is -0.382. The van der Waals surface area contributed by atoms with E-state index in [1.807, 2.05) is 0 Å². The van der Waals surface area contributed by atoms with Crippen LogP contribution in [0.15, 0.2) is 65.6 Å². The van der Waals surface area contributed by atoms with Crippen molar-refractivity contribution in [3.05, 3.63) is 87.0 Å². The molecule has 184 valence electrons. The van der Waals surface area contributed by atoms with Crippen molar-refractivity contribution in [3.8, 4) is 11.5 Å². The average molecular weight is 547 g/mol. The van der Waals surface area contributed by atoms with Gasteiger partial charge in [0.05, 0.1) is 22.7 Å². The Morgan fingerprint density at radius 1 is 1.08 bits per heavy atom. The number of halogens is 3. The summed E-state index contributed by atoms with van der Waals surface area (Å²) in [5.74, 6) is -1.05. The van der Waals surface area contributed by atoms with Crippen LogP contribution in [0.4, 0.5) is 20.6 Å². The van der Waals surface area contributed by atoms with Crippen LogP contribution in [-0.2, 0) is 9.59 Å². The number of benzene rings is 3. The number of methoxy groups -OCH3 is 1. The molecule has 11 heteroatoms. The fraction of sp³-hybridized carbons (Fsp3) is 0.0800. The maximum absolute atomic E-state index is 13.0. The fourth-order valence-corrected chi connectivity index (χ4v) is 4.50. The molecule has 1 fully saturated rings. The van der Waals surface area contributed by atoms with E-state index in [-0.39, 0.29) is 28.0 Å². The van der Waals surface area contributed by atoms with Crippen LogP contribution in [0.1, 0.15) is 5.56 Å². The second-order valence-corrected chi connectivity index (χ2v) is 9.21. The Morgan fingerprint density at radius 2 is 1.78 bits per heavy atom. The lowest BCUT2D eigenvalue weighted by atomic mass is 10.1. The maximum Gasteiger partial charge on any atom is 0.298 e. The number of carbonyl (C=O) groups is 3. The van der Waals surface area contributed by atoms with E-state index in [9.17, 15) is 18.8 Å². The first-order chi connectivity index (χ1) is 17.2. The van der Waals surface area contributed by atoms with Crippen molar-refractivity contribution in [3.63, 3.8) is 0 Å². The van der Waals surface area contributed by atoms with Gasteiger partial charge < -0.3 is 14.8 Å². The van der Waals surface area contributed by atoms with Crippen LogP contribution in [0.5, 0.6) is 11.5 Å². The normalized spacial score (nSPS) is 14.3. The van der Waals surface area contributed by atoms with Crippen LogP contribution < -0.4 is 19.7 Å². The van der Waals surface area contributed by atoms with Crippen molar-refractivity contribution < 1.29 is 28.2 Å². The number of ether oxygens (including phenoxy) is 2. The zero-order valence-corrected chi connectivity index (χ0v) is 20.9. The molecular formula is C25H17Cl2FN2O5S. The van der Waals surface area contributed by atoms with E-state index in [2.05, 4.69) is 5.32 Å². The molecular weight excluding hydrogens is 530 g/mol. The highest BCUT2D eigenvalue weighted by Crippen LogP contribution is 2.40. The number of nitrogens with one attached hydrogen (secondary N) is 1. The minimum Gasteiger partial charge on any atom is -0.493 e. The Morgan fingerprint density at radius 3 is 2.44 bits per heavy atom. The highest BCUT2D eigenvalue weighted by atomic mass is 35.5. The highest BCUT2D eigenvalue weighted by Gasteiger charge is 2.36. The number of anilines is 2. The van der Waals surface area contributed by atoms with Crippen molar-refractivity contribution in [2.75, 3.05) is 23.9 Å². The molecule has 0 aromatic heterocycles. The summed E-state index contributed by atoms with van der Waals surface area (Å²) in [5, 5.41) is 2.75. The fourth-order valence-electron chi connectivity index (χ4n) is 3.26. The van der Waals surface area contributed by atoms with Gasteiger partial charge in [0.1, 0.15) is 5.82 Å². The van der Waals surface area contributed by atoms with Crippen LogP contribution >= 0.6 is 35.0 Å². The number of imide groups is 1. The zero-order valence-electron chi connectivity index (χ0n) is 18.6. The van der Waals surface area contributed by atoms with E-state index in [1.54, 1.807) is 30.3 Å². The Bertz CT molecular complexity index is 1360. The predicted octanol–water partition coefficient (Wildman–Crippen LogP) is 6.40. The molecule has 3 aromatic rings. The van der Waals surface area contributed by atoms with Gasteiger partial charge in [-0.2, -0.15) is 0 Å². The molecule has 0 bridgehead atoms. The van der Waals surface area contributed by atoms with Gasteiger partial charge in [-0.1, -0.05) is 23.2 Å². The molecule has 1 aliphatic heterocycles. The number of hydrogen-bond acceptors (Lipinski definition) is 6. The van der Waals surface area contributed by atoms with Crippen molar-refractivity contribution in [2.24, 2.45) is 0 Å². The molecule has 0 radical (unpaired) electrons. The van der Waals surface area contributed by atoms with Gasteiger partial charge in [0.25, 0.3) is 17.1 Å². The molecule has 7 nitrogen and oxygen atoms in total. The third kappa shape index (κ3) is 5.81. The van der Waals surface area contributed by atoms with E-state index in [0.717, 1.165) is 16.7 Å². The van der Waals surface area contributed by atoms with E-state index >= 15 is 0 Å². The smallest absolute Gasteiger partial charge is 0.298 e. The molecule has 0 aliphatic carbocycles. The summed E-state index contributed by atoms with van der Waals surface area (Å²) in [7, 11) is 1.40. The quantitative estimate of drug-likeness (QED) is 0.345. The predicted molar refractivity (Wildman–Crippen MR) is 138 cm³/mol. The Hall–Kier alpha value is -3.53. The minimum absolute atomic E-state index is 0.125. The van der Waals surface area contributed by atoms with Gasteiger partial charge in [-0.25, -0.2) is 9.29 Å². The van der Waals surface area contributed by atoms with Gasteiger partial charge in [0.15, 0.2) is 18.1 Å². The van der Waals surface area contributed by atoms with E-state index in [0.29, 0.717) is 22.0 Å². The first kappa shape index (κ1) is 25.6. The Labute approximate surface area is 219 Å². The van der Waals surface area contributed by atoms with Crippen molar-refractivity contribution >= 4 is 69.5 Å². The molecule has 1 heterocycles. The zero-order chi connectivity index (χ0) is 25.8. The summed E-state index contributed by atoms with van der Waals surface area (Å²) in [5.41, 5.74) is 1.30. The molecule has 1 aliphatic rings. The van der Waals surface area contributed by atoms with Crippen LogP contribution in [-0.4, -0.2) is 30.8 Å². The molecule has 1 N–H and O–H groups in total. The van der Waals surface area contributed by atoms with Gasteiger partial charge in [0, 0.05) is 10.7 Å². The van der Waals surface area contributed by atoms with Gasteiger partial charge >= 0.3 is 0 Å². The molecule has 1 saturated heterocycles. The molecule has 0 atom stereocenters. The van der Waals surface area contributed by atoms with Crippen LogP contribution in [0.2, 0.25) is 10.0 Å². The number of carbonyl (C=O) groups excluding carboxylic acids is 3. The maximum atomic E-state index is 13.0. The summed E-state index contributed by atoms with van der Waals surface area (Å²) in [4.78, 5) is 38.8. The number of nitrogens with zero attached hydrogens (tertiary/aromatic N) is 1. The molecule has 0 spiro atoms. The lowest BCUT2D eigenvalue weighted by Gasteiger charge is -2.14. The largest absolute Gasteiger partial charge is 0.493 e. The summed E-state index contributed by atoms with van der Waals surface area (Å²) < 4.78 is 23.9. The van der Waals surface area contributed by atoms with Crippen LogP contribution in [0.3, 0.4) is 0 Å². The van der Waals surface area contributed by atoms with Gasteiger partial charge in [-0.3, -0.25) is 14.4 Å². The monoisotopic (exact) mass is 546 g/mol. The van der Waals surface area contributed by atoms with E-state index in [4.69, 9.17) is 32.7 Å². The number of hydrogen-bond donors (Lipinski definition) is 1. The molecule has 3 aromatic carbocycles. The summed E-state index contributed by atoms with van der Waals surface area (Å²) in [6, 6.07) is 14.7. The lowest BCUT2D eigenvalue weighted by molar-refractivity contribution is -0.118. The van der Waals surface area contributed by atoms with Gasteiger partial charge in [-0.05, 0) is 84.1 Å². The third-order valence-electron chi connectivity index (χ3n) is 4.90. The molecule has 0 saturated carbocycles.